The Kier molecular flexibility index (Phi) is 5.15. The van der Waals surface area contributed by atoms with Gasteiger partial charge in [0.1, 0.15) is 5.78 Å². The van der Waals surface area contributed by atoms with Gasteiger partial charge in [-0.3, -0.25) is 9.69 Å². The zero-order chi connectivity index (χ0) is 13.0. The monoisotopic (exact) mass is 253 g/mol. The number of piperazine rings is 1. The number of piperidine rings is 1. The van der Waals surface area contributed by atoms with Crippen molar-refractivity contribution in [3.8, 4) is 0 Å². The molecule has 0 aromatic heterocycles. The van der Waals surface area contributed by atoms with Gasteiger partial charge in [0.25, 0.3) is 0 Å². The third kappa shape index (κ3) is 4.04. The predicted octanol–water partition coefficient (Wildman–Crippen LogP) is 0.535. The fourth-order valence-corrected chi connectivity index (χ4v) is 2.94. The molecule has 0 aromatic rings. The van der Waals surface area contributed by atoms with Crippen LogP contribution in [0.1, 0.15) is 19.8 Å². The number of likely N-dealkylation sites (tertiary alicyclic amines) is 1. The molecule has 0 spiro atoms. The normalized spacial score (nSPS) is 28.4. The van der Waals surface area contributed by atoms with Crippen LogP contribution in [0.3, 0.4) is 0 Å². The highest BCUT2D eigenvalue weighted by molar-refractivity contribution is 5.78. The van der Waals surface area contributed by atoms with Gasteiger partial charge in [-0.25, -0.2) is 0 Å². The molecule has 18 heavy (non-hydrogen) atoms. The number of rotatable bonds is 4. The molecule has 2 heterocycles. The van der Waals surface area contributed by atoms with Crippen LogP contribution in [0.25, 0.3) is 0 Å². The first-order chi connectivity index (χ1) is 8.65. The summed E-state index contributed by atoms with van der Waals surface area (Å²) >= 11 is 0. The SMILES string of the molecule is CC(=O)C1CCCN(CCN2CCN(C)CC2)C1. The van der Waals surface area contributed by atoms with Crippen molar-refractivity contribution >= 4 is 5.78 Å². The van der Waals surface area contributed by atoms with E-state index in [9.17, 15) is 4.79 Å². The fourth-order valence-electron chi connectivity index (χ4n) is 2.94. The van der Waals surface area contributed by atoms with Crippen LogP contribution in [-0.2, 0) is 4.79 Å². The molecule has 0 bridgehead atoms. The molecule has 0 saturated carbocycles. The number of carbonyl (C=O) groups is 1. The molecule has 2 fully saturated rings. The summed E-state index contributed by atoms with van der Waals surface area (Å²) in [5.74, 6) is 0.672. The summed E-state index contributed by atoms with van der Waals surface area (Å²) < 4.78 is 0. The molecule has 0 aliphatic carbocycles. The highest BCUT2D eigenvalue weighted by atomic mass is 16.1. The van der Waals surface area contributed by atoms with Gasteiger partial charge in [-0.2, -0.15) is 0 Å². The standard InChI is InChI=1S/C14H27N3O/c1-13(18)14-4-3-5-17(12-14)11-10-16-8-6-15(2)7-9-16/h14H,3-12H2,1-2H3. The third-order valence-electron chi connectivity index (χ3n) is 4.41. The number of nitrogens with zero attached hydrogens (tertiary/aromatic N) is 3. The molecular formula is C14H27N3O. The highest BCUT2D eigenvalue weighted by Crippen LogP contribution is 2.17. The lowest BCUT2D eigenvalue weighted by Gasteiger charge is -2.36. The van der Waals surface area contributed by atoms with Crippen LogP contribution in [0.4, 0.5) is 0 Å². The van der Waals surface area contributed by atoms with Gasteiger partial charge in [-0.1, -0.05) is 0 Å². The number of ketones is 1. The lowest BCUT2D eigenvalue weighted by Crippen LogP contribution is -2.48. The van der Waals surface area contributed by atoms with Gasteiger partial charge >= 0.3 is 0 Å². The van der Waals surface area contributed by atoms with Gasteiger partial charge in [0, 0.05) is 51.7 Å². The van der Waals surface area contributed by atoms with Gasteiger partial charge in [-0.05, 0) is 33.4 Å². The molecule has 1 atom stereocenters. The third-order valence-corrected chi connectivity index (χ3v) is 4.41. The molecule has 2 aliphatic rings. The second kappa shape index (κ2) is 6.64. The van der Waals surface area contributed by atoms with Crippen LogP contribution in [0, 0.1) is 5.92 Å². The number of Topliss-reactive ketones (excluding diaryl/α,β-unsaturated/α-hetero) is 1. The van der Waals surface area contributed by atoms with E-state index in [0.717, 1.165) is 19.5 Å². The van der Waals surface area contributed by atoms with Crippen molar-refractivity contribution in [2.24, 2.45) is 5.92 Å². The fraction of sp³-hybridized carbons (Fsp3) is 0.929. The lowest BCUT2D eigenvalue weighted by molar-refractivity contribution is -0.122. The molecule has 2 saturated heterocycles. The molecule has 2 aliphatic heterocycles. The average molecular weight is 253 g/mol. The predicted molar refractivity (Wildman–Crippen MR) is 73.8 cm³/mol. The van der Waals surface area contributed by atoms with Crippen molar-refractivity contribution in [1.29, 1.82) is 0 Å². The van der Waals surface area contributed by atoms with Gasteiger partial charge in [-0.15, -0.1) is 0 Å². The van der Waals surface area contributed by atoms with Crippen LogP contribution in [0.2, 0.25) is 0 Å². The van der Waals surface area contributed by atoms with E-state index in [2.05, 4.69) is 21.7 Å². The van der Waals surface area contributed by atoms with Crippen molar-refractivity contribution in [1.82, 2.24) is 14.7 Å². The van der Waals surface area contributed by atoms with E-state index in [4.69, 9.17) is 0 Å². The summed E-state index contributed by atoms with van der Waals surface area (Å²) in [4.78, 5) is 18.9. The van der Waals surface area contributed by atoms with Crippen LogP contribution in [0.15, 0.2) is 0 Å². The molecule has 1 unspecified atom stereocenters. The van der Waals surface area contributed by atoms with E-state index in [0.29, 0.717) is 11.7 Å². The second-order valence-electron chi connectivity index (χ2n) is 5.90. The van der Waals surface area contributed by atoms with E-state index in [1.54, 1.807) is 6.92 Å². The first-order valence-electron chi connectivity index (χ1n) is 7.29. The average Bonchev–Trinajstić information content (AvgIpc) is 2.38. The van der Waals surface area contributed by atoms with Crippen molar-refractivity contribution in [3.05, 3.63) is 0 Å². The zero-order valence-electron chi connectivity index (χ0n) is 11.9. The van der Waals surface area contributed by atoms with E-state index < -0.39 is 0 Å². The maximum atomic E-state index is 11.4. The van der Waals surface area contributed by atoms with Gasteiger partial charge in [0.05, 0.1) is 0 Å². The number of hydrogen-bond donors (Lipinski definition) is 0. The quantitative estimate of drug-likeness (QED) is 0.730. The van der Waals surface area contributed by atoms with E-state index in [1.807, 2.05) is 0 Å². The number of carbonyl (C=O) groups excluding carboxylic acids is 1. The molecule has 4 nitrogen and oxygen atoms in total. The van der Waals surface area contributed by atoms with Gasteiger partial charge in [0.2, 0.25) is 0 Å². The smallest absolute Gasteiger partial charge is 0.134 e. The molecule has 0 aromatic carbocycles. The summed E-state index contributed by atoms with van der Waals surface area (Å²) in [7, 11) is 2.19. The minimum Gasteiger partial charge on any atom is -0.304 e. The van der Waals surface area contributed by atoms with Crippen molar-refractivity contribution in [2.45, 2.75) is 19.8 Å². The highest BCUT2D eigenvalue weighted by Gasteiger charge is 2.23. The molecule has 2 rings (SSSR count). The molecule has 0 amide bonds. The summed E-state index contributed by atoms with van der Waals surface area (Å²) in [5.41, 5.74) is 0. The van der Waals surface area contributed by atoms with Crippen molar-refractivity contribution in [2.75, 3.05) is 59.4 Å². The summed E-state index contributed by atoms with van der Waals surface area (Å²) in [5, 5.41) is 0. The Hall–Kier alpha value is -0.450. The first-order valence-corrected chi connectivity index (χ1v) is 7.29. The number of hydrogen-bond acceptors (Lipinski definition) is 4. The van der Waals surface area contributed by atoms with Gasteiger partial charge in [0.15, 0.2) is 0 Å². The Morgan fingerprint density at radius 3 is 2.39 bits per heavy atom. The molecule has 0 radical (unpaired) electrons. The topological polar surface area (TPSA) is 26.8 Å². The zero-order valence-corrected chi connectivity index (χ0v) is 11.9. The molecular weight excluding hydrogens is 226 g/mol. The van der Waals surface area contributed by atoms with Gasteiger partial charge < -0.3 is 9.80 Å². The lowest BCUT2D eigenvalue weighted by atomic mass is 9.95. The van der Waals surface area contributed by atoms with Crippen LogP contribution < -0.4 is 0 Å². The molecule has 4 heteroatoms. The van der Waals surface area contributed by atoms with Crippen molar-refractivity contribution < 1.29 is 4.79 Å². The molecule has 104 valence electrons. The largest absolute Gasteiger partial charge is 0.304 e. The first kappa shape index (κ1) is 14.0. The Bertz CT molecular complexity index is 274. The summed E-state index contributed by atoms with van der Waals surface area (Å²) in [6.07, 6.45) is 2.29. The minimum atomic E-state index is 0.297. The second-order valence-corrected chi connectivity index (χ2v) is 5.90. The maximum absolute atomic E-state index is 11.4. The van der Waals surface area contributed by atoms with E-state index >= 15 is 0 Å². The Labute approximate surface area is 111 Å². The van der Waals surface area contributed by atoms with E-state index in [1.165, 1.54) is 45.7 Å². The number of likely N-dealkylation sites (N-methyl/N-ethyl adjacent to an activating group) is 1. The minimum absolute atomic E-state index is 0.297. The van der Waals surface area contributed by atoms with Crippen LogP contribution >= 0.6 is 0 Å². The van der Waals surface area contributed by atoms with Crippen LogP contribution in [-0.4, -0.2) is 79.9 Å². The molecule has 0 N–H and O–H groups in total. The van der Waals surface area contributed by atoms with Crippen molar-refractivity contribution in [3.63, 3.8) is 0 Å². The Balaban J connectivity index is 1.68. The maximum Gasteiger partial charge on any atom is 0.134 e. The Morgan fingerprint density at radius 2 is 1.72 bits per heavy atom. The summed E-state index contributed by atoms with van der Waals surface area (Å²) in [6.45, 7) is 11.0. The van der Waals surface area contributed by atoms with Crippen LogP contribution in [0.5, 0.6) is 0 Å². The summed E-state index contributed by atoms with van der Waals surface area (Å²) in [6, 6.07) is 0. The Morgan fingerprint density at radius 1 is 1.06 bits per heavy atom. The van der Waals surface area contributed by atoms with E-state index in [-0.39, 0.29) is 0 Å².